The van der Waals surface area contributed by atoms with Gasteiger partial charge in [-0.2, -0.15) is 0 Å². The first-order chi connectivity index (χ1) is 9.18. The molecule has 2 nitrogen and oxygen atoms in total. The van der Waals surface area contributed by atoms with Crippen LogP contribution in [0.5, 0.6) is 0 Å². The van der Waals surface area contributed by atoms with Gasteiger partial charge in [-0.1, -0.05) is 48.5 Å². The van der Waals surface area contributed by atoms with Crippen molar-refractivity contribution in [2.45, 2.75) is 13.3 Å². The van der Waals surface area contributed by atoms with Crippen LogP contribution in [-0.2, 0) is 11.2 Å². The van der Waals surface area contributed by atoms with Crippen molar-refractivity contribution < 1.29 is 9.90 Å². The van der Waals surface area contributed by atoms with Crippen LogP contribution in [-0.4, -0.2) is 5.97 Å². The molecule has 0 aliphatic rings. The summed E-state index contributed by atoms with van der Waals surface area (Å²) in [6.45, 7) is 2.08. The summed E-state index contributed by atoms with van der Waals surface area (Å²) in [5.41, 5.74) is 2.03. The molecule has 0 saturated heterocycles. The Kier molecular flexibility index (Phi) is 2.71. The van der Waals surface area contributed by atoms with E-state index < -0.39 is 5.97 Å². The number of aliphatic carboxylic acids is 1. The Morgan fingerprint density at radius 1 is 0.895 bits per heavy atom. The van der Waals surface area contributed by atoms with E-state index in [1.165, 1.54) is 5.56 Å². The minimum atomic E-state index is -1.04. The highest BCUT2D eigenvalue weighted by molar-refractivity contribution is 6.06. The number of benzene rings is 3. The fourth-order valence-electron chi connectivity index (χ4n) is 2.77. The van der Waals surface area contributed by atoms with Crippen molar-refractivity contribution in [1.82, 2.24) is 0 Å². The molecule has 3 rings (SSSR count). The van der Waals surface area contributed by atoms with E-state index in [0.717, 1.165) is 27.1 Å². The number of aryl methyl sites for hydroxylation is 1. The Morgan fingerprint density at radius 2 is 1.32 bits per heavy atom. The Bertz CT molecular complexity index is 731. The molecule has 0 N–H and O–H groups in total. The van der Waals surface area contributed by atoms with Crippen LogP contribution < -0.4 is 5.11 Å². The summed E-state index contributed by atoms with van der Waals surface area (Å²) >= 11 is 0. The van der Waals surface area contributed by atoms with E-state index in [0.29, 0.717) is 0 Å². The SMILES string of the molecule is Cc1c2ccccc2c(CC(=O)[O-])c2ccccc12. The lowest BCUT2D eigenvalue weighted by molar-refractivity contribution is -0.304. The van der Waals surface area contributed by atoms with Gasteiger partial charge in [0.25, 0.3) is 0 Å². The van der Waals surface area contributed by atoms with E-state index in [1.807, 2.05) is 48.5 Å². The molecule has 0 radical (unpaired) electrons. The normalized spacial score (nSPS) is 11.0. The van der Waals surface area contributed by atoms with Crippen molar-refractivity contribution in [3.63, 3.8) is 0 Å². The zero-order valence-corrected chi connectivity index (χ0v) is 10.6. The first kappa shape index (κ1) is 11.7. The van der Waals surface area contributed by atoms with Crippen molar-refractivity contribution in [1.29, 1.82) is 0 Å². The van der Waals surface area contributed by atoms with Crippen molar-refractivity contribution in [2.24, 2.45) is 0 Å². The molecule has 0 heterocycles. The summed E-state index contributed by atoms with van der Waals surface area (Å²) < 4.78 is 0. The summed E-state index contributed by atoms with van der Waals surface area (Å²) in [5.74, 6) is -1.04. The molecule has 3 aromatic rings. The van der Waals surface area contributed by atoms with Gasteiger partial charge in [0.05, 0.1) is 0 Å². The van der Waals surface area contributed by atoms with Gasteiger partial charge in [-0.15, -0.1) is 0 Å². The molecule has 0 fully saturated rings. The predicted molar refractivity (Wildman–Crippen MR) is 74.9 cm³/mol. The van der Waals surface area contributed by atoms with E-state index >= 15 is 0 Å². The maximum Gasteiger partial charge on any atom is 0.0458 e. The van der Waals surface area contributed by atoms with Crippen LogP contribution in [0, 0.1) is 6.92 Å². The van der Waals surface area contributed by atoms with Crippen molar-refractivity contribution in [3.8, 4) is 0 Å². The lowest BCUT2D eigenvalue weighted by Gasteiger charge is -2.15. The number of carbonyl (C=O) groups excluding carboxylic acids is 1. The topological polar surface area (TPSA) is 40.1 Å². The van der Waals surface area contributed by atoms with E-state index in [2.05, 4.69) is 6.92 Å². The average Bonchev–Trinajstić information content (AvgIpc) is 2.43. The van der Waals surface area contributed by atoms with Crippen LogP contribution in [0.1, 0.15) is 11.1 Å². The smallest absolute Gasteiger partial charge is 0.0458 e. The third kappa shape index (κ3) is 1.85. The molecule has 0 aliphatic carbocycles. The van der Waals surface area contributed by atoms with Gasteiger partial charge in [0.15, 0.2) is 0 Å². The van der Waals surface area contributed by atoms with Crippen LogP contribution in [0.25, 0.3) is 21.5 Å². The van der Waals surface area contributed by atoms with Crippen LogP contribution in [0.3, 0.4) is 0 Å². The number of hydrogen-bond donors (Lipinski definition) is 0. The molecule has 0 aliphatic heterocycles. The molecule has 0 saturated carbocycles. The molecule has 0 atom stereocenters. The van der Waals surface area contributed by atoms with Gasteiger partial charge < -0.3 is 9.90 Å². The largest absolute Gasteiger partial charge is 0.550 e. The Balaban J connectivity index is 2.52. The molecule has 0 bridgehead atoms. The Morgan fingerprint density at radius 3 is 1.74 bits per heavy atom. The highest BCUT2D eigenvalue weighted by Crippen LogP contribution is 2.32. The van der Waals surface area contributed by atoms with Crippen LogP contribution in [0.2, 0.25) is 0 Å². The van der Waals surface area contributed by atoms with Crippen molar-refractivity contribution >= 4 is 27.5 Å². The zero-order valence-electron chi connectivity index (χ0n) is 10.6. The number of hydrogen-bond acceptors (Lipinski definition) is 2. The number of carboxylic acids is 1. The highest BCUT2D eigenvalue weighted by Gasteiger charge is 2.10. The van der Waals surface area contributed by atoms with Gasteiger partial charge in [0, 0.05) is 12.4 Å². The zero-order chi connectivity index (χ0) is 13.4. The minimum absolute atomic E-state index is 0.0543. The van der Waals surface area contributed by atoms with E-state index in [9.17, 15) is 9.90 Å². The van der Waals surface area contributed by atoms with Gasteiger partial charge in [0.1, 0.15) is 0 Å². The minimum Gasteiger partial charge on any atom is -0.550 e. The van der Waals surface area contributed by atoms with E-state index in [4.69, 9.17) is 0 Å². The van der Waals surface area contributed by atoms with Gasteiger partial charge in [-0.05, 0) is 39.6 Å². The molecule has 94 valence electrons. The summed E-state index contributed by atoms with van der Waals surface area (Å²) in [6.07, 6.45) is -0.0543. The summed E-state index contributed by atoms with van der Waals surface area (Å²) in [6, 6.07) is 15.9. The number of carboxylic acid groups (broad SMARTS) is 1. The fourth-order valence-corrected chi connectivity index (χ4v) is 2.77. The third-order valence-corrected chi connectivity index (χ3v) is 3.63. The fraction of sp³-hybridized carbons (Fsp3) is 0.118. The maximum absolute atomic E-state index is 11.0. The molecule has 0 aromatic heterocycles. The molecule has 2 heteroatoms. The standard InChI is InChI=1S/C17H14O2/c1-11-12-6-2-4-8-14(12)16(10-17(18)19)15-9-5-3-7-13(11)15/h2-9H,10H2,1H3,(H,18,19)/p-1. The average molecular weight is 249 g/mol. The summed E-state index contributed by atoms with van der Waals surface area (Å²) in [7, 11) is 0. The first-order valence-electron chi connectivity index (χ1n) is 6.27. The monoisotopic (exact) mass is 249 g/mol. The summed E-state index contributed by atoms with van der Waals surface area (Å²) in [4.78, 5) is 11.0. The van der Waals surface area contributed by atoms with Gasteiger partial charge in [-0.3, -0.25) is 0 Å². The maximum atomic E-state index is 11.0. The van der Waals surface area contributed by atoms with E-state index in [-0.39, 0.29) is 6.42 Å². The number of fused-ring (bicyclic) bond motifs is 2. The molecule has 0 spiro atoms. The second-order valence-electron chi connectivity index (χ2n) is 4.74. The lowest BCUT2D eigenvalue weighted by Crippen LogP contribution is -2.24. The molecule has 19 heavy (non-hydrogen) atoms. The molecular weight excluding hydrogens is 236 g/mol. The van der Waals surface area contributed by atoms with Gasteiger partial charge in [-0.25, -0.2) is 0 Å². The molecule has 3 aromatic carbocycles. The van der Waals surface area contributed by atoms with Crippen LogP contribution >= 0.6 is 0 Å². The van der Waals surface area contributed by atoms with Crippen molar-refractivity contribution in [2.75, 3.05) is 0 Å². The van der Waals surface area contributed by atoms with Gasteiger partial charge >= 0.3 is 0 Å². The van der Waals surface area contributed by atoms with Crippen LogP contribution in [0.15, 0.2) is 48.5 Å². The molecule has 0 unspecified atom stereocenters. The quantitative estimate of drug-likeness (QED) is 0.655. The predicted octanol–water partition coefficient (Wildman–Crippen LogP) is 2.59. The second kappa shape index (κ2) is 4.39. The first-order valence-corrected chi connectivity index (χ1v) is 6.27. The van der Waals surface area contributed by atoms with Crippen LogP contribution in [0.4, 0.5) is 0 Å². The number of rotatable bonds is 2. The second-order valence-corrected chi connectivity index (χ2v) is 4.74. The Labute approximate surface area is 111 Å². The van der Waals surface area contributed by atoms with E-state index in [1.54, 1.807) is 0 Å². The lowest BCUT2D eigenvalue weighted by atomic mass is 9.91. The highest BCUT2D eigenvalue weighted by atomic mass is 16.4. The van der Waals surface area contributed by atoms with Gasteiger partial charge in [0.2, 0.25) is 0 Å². The third-order valence-electron chi connectivity index (χ3n) is 3.63. The number of carbonyl (C=O) groups is 1. The Hall–Kier alpha value is -2.35. The summed E-state index contributed by atoms with van der Waals surface area (Å²) in [5, 5.41) is 15.3. The molecule has 0 amide bonds. The molecular formula is C17H13O2-. The van der Waals surface area contributed by atoms with Crippen molar-refractivity contribution in [3.05, 3.63) is 59.7 Å².